The fourth-order valence-electron chi connectivity index (χ4n) is 4.32. The third-order valence-electron chi connectivity index (χ3n) is 6.03. The molecular weight excluding hydrogens is 426 g/mol. The van der Waals surface area contributed by atoms with Crippen LogP contribution in [0.5, 0.6) is 0 Å². The number of piperazine rings is 1. The third-order valence-corrected chi connectivity index (χ3v) is 7.10. The molecule has 0 bridgehead atoms. The highest BCUT2D eigenvalue weighted by Gasteiger charge is 2.23. The van der Waals surface area contributed by atoms with Crippen LogP contribution >= 0.6 is 11.3 Å². The Bertz CT molecular complexity index is 1360. The summed E-state index contributed by atoms with van der Waals surface area (Å²) in [5.74, 6) is 1.69. The predicted octanol–water partition coefficient (Wildman–Crippen LogP) is 5.75. The van der Waals surface area contributed by atoms with E-state index in [2.05, 4.69) is 75.4 Å². The molecule has 2 aromatic carbocycles. The van der Waals surface area contributed by atoms with Crippen molar-refractivity contribution in [2.75, 3.05) is 36.0 Å². The molecule has 0 aliphatic carbocycles. The van der Waals surface area contributed by atoms with E-state index in [1.165, 1.54) is 16.1 Å². The number of fused-ring (bicyclic) bond motifs is 1. The molecule has 1 aliphatic rings. The Labute approximate surface area is 197 Å². The Morgan fingerprint density at radius 2 is 1.39 bits per heavy atom. The summed E-state index contributed by atoms with van der Waals surface area (Å²) < 4.78 is 0. The van der Waals surface area contributed by atoms with Gasteiger partial charge >= 0.3 is 0 Å². The van der Waals surface area contributed by atoms with E-state index in [1.807, 2.05) is 24.3 Å². The number of rotatable bonds is 4. The summed E-state index contributed by atoms with van der Waals surface area (Å²) in [5.41, 5.74) is 3.29. The minimum Gasteiger partial charge on any atom is -0.368 e. The molecule has 1 fully saturated rings. The Kier molecular flexibility index (Phi) is 5.20. The molecule has 0 amide bonds. The van der Waals surface area contributed by atoms with E-state index in [0.29, 0.717) is 5.82 Å². The maximum atomic E-state index is 5.04. The van der Waals surface area contributed by atoms with Gasteiger partial charge in [0.2, 0.25) is 0 Å². The van der Waals surface area contributed by atoms with Crippen molar-refractivity contribution in [3.8, 4) is 22.0 Å². The van der Waals surface area contributed by atoms with Gasteiger partial charge in [-0.15, -0.1) is 11.3 Å². The Morgan fingerprint density at radius 3 is 2.12 bits per heavy atom. The number of benzene rings is 2. The molecule has 1 saturated heterocycles. The van der Waals surface area contributed by atoms with Crippen molar-refractivity contribution < 1.29 is 0 Å². The number of hydrogen-bond acceptors (Lipinski definition) is 6. The molecule has 5 aromatic rings. The lowest BCUT2D eigenvalue weighted by Crippen LogP contribution is -2.46. The average Bonchev–Trinajstić information content (AvgIpc) is 3.34. The van der Waals surface area contributed by atoms with Crippen molar-refractivity contribution in [3.63, 3.8) is 0 Å². The van der Waals surface area contributed by atoms with Crippen LogP contribution in [0.4, 0.5) is 11.5 Å². The van der Waals surface area contributed by atoms with Crippen LogP contribution < -0.4 is 9.80 Å². The lowest BCUT2D eigenvalue weighted by Gasteiger charge is -2.37. The summed E-state index contributed by atoms with van der Waals surface area (Å²) in [6.45, 7) is 3.76. The molecule has 33 heavy (non-hydrogen) atoms. The van der Waals surface area contributed by atoms with Gasteiger partial charge in [-0.05, 0) is 35.9 Å². The first-order chi connectivity index (χ1) is 16.3. The molecule has 6 rings (SSSR count). The summed E-state index contributed by atoms with van der Waals surface area (Å²) in [6, 6.07) is 29.3. The second-order valence-electron chi connectivity index (χ2n) is 8.09. The molecule has 1 aliphatic heterocycles. The monoisotopic (exact) mass is 449 g/mol. The molecule has 4 heterocycles. The molecule has 0 atom stereocenters. The third kappa shape index (κ3) is 3.94. The van der Waals surface area contributed by atoms with Gasteiger partial charge in [0, 0.05) is 42.9 Å². The number of anilines is 2. The summed E-state index contributed by atoms with van der Waals surface area (Å²) in [5, 5.41) is 1.12. The van der Waals surface area contributed by atoms with Crippen molar-refractivity contribution >= 4 is 33.1 Å². The van der Waals surface area contributed by atoms with Crippen molar-refractivity contribution in [1.29, 1.82) is 0 Å². The van der Waals surface area contributed by atoms with E-state index in [0.717, 1.165) is 47.9 Å². The predicted molar refractivity (Wildman–Crippen MR) is 137 cm³/mol. The van der Waals surface area contributed by atoms with Gasteiger partial charge in [-0.2, -0.15) is 0 Å². The first-order valence-corrected chi connectivity index (χ1v) is 12.0. The van der Waals surface area contributed by atoms with Crippen LogP contribution in [0.1, 0.15) is 0 Å². The largest absolute Gasteiger partial charge is 0.368 e. The smallest absolute Gasteiger partial charge is 0.181 e. The van der Waals surface area contributed by atoms with E-state index in [-0.39, 0.29) is 0 Å². The maximum absolute atomic E-state index is 5.04. The Morgan fingerprint density at radius 1 is 0.697 bits per heavy atom. The number of nitrogens with zero attached hydrogens (tertiary/aromatic N) is 5. The highest BCUT2D eigenvalue weighted by Crippen LogP contribution is 2.38. The van der Waals surface area contributed by atoms with Crippen LogP contribution in [0.2, 0.25) is 0 Å². The highest BCUT2D eigenvalue weighted by atomic mass is 32.1. The summed E-state index contributed by atoms with van der Waals surface area (Å²) >= 11 is 1.72. The summed E-state index contributed by atoms with van der Waals surface area (Å²) in [6.07, 6.45) is 1.80. The SMILES string of the molecule is c1ccc(-c2cc3c(N4CCN(c5ccccc5)CC4)nc(-c4ccccn4)nc3s2)cc1. The van der Waals surface area contributed by atoms with Gasteiger partial charge in [-0.1, -0.05) is 54.6 Å². The van der Waals surface area contributed by atoms with Gasteiger partial charge in [0.05, 0.1) is 5.39 Å². The zero-order chi connectivity index (χ0) is 22.0. The zero-order valence-corrected chi connectivity index (χ0v) is 18.9. The second kappa shape index (κ2) is 8.64. The molecule has 0 unspecified atom stereocenters. The van der Waals surface area contributed by atoms with Gasteiger partial charge in [-0.25, -0.2) is 9.97 Å². The lowest BCUT2D eigenvalue weighted by molar-refractivity contribution is 0.649. The van der Waals surface area contributed by atoms with Crippen molar-refractivity contribution in [2.24, 2.45) is 0 Å². The number of aromatic nitrogens is 3. The number of para-hydroxylation sites is 1. The van der Waals surface area contributed by atoms with Crippen LogP contribution in [-0.4, -0.2) is 41.1 Å². The molecule has 0 N–H and O–H groups in total. The number of thiophene rings is 1. The molecular formula is C27H23N5S. The molecule has 0 saturated carbocycles. The topological polar surface area (TPSA) is 45.2 Å². The summed E-state index contributed by atoms with van der Waals surface area (Å²) in [4.78, 5) is 21.5. The van der Waals surface area contributed by atoms with Crippen LogP contribution in [0.25, 0.3) is 32.2 Å². The van der Waals surface area contributed by atoms with E-state index in [9.17, 15) is 0 Å². The van der Waals surface area contributed by atoms with Crippen molar-refractivity contribution in [3.05, 3.63) is 91.1 Å². The molecule has 6 heteroatoms. The normalized spacial score (nSPS) is 14.1. The molecule has 0 radical (unpaired) electrons. The van der Waals surface area contributed by atoms with E-state index in [4.69, 9.17) is 9.97 Å². The summed E-state index contributed by atoms with van der Waals surface area (Å²) in [7, 11) is 0. The molecule has 5 nitrogen and oxygen atoms in total. The Hall–Kier alpha value is -3.77. The fraction of sp³-hybridized carbons (Fsp3) is 0.148. The molecule has 3 aromatic heterocycles. The number of hydrogen-bond donors (Lipinski definition) is 0. The van der Waals surface area contributed by atoms with Crippen LogP contribution in [0, 0.1) is 0 Å². The highest BCUT2D eigenvalue weighted by molar-refractivity contribution is 7.22. The maximum Gasteiger partial charge on any atom is 0.181 e. The van der Waals surface area contributed by atoms with E-state index < -0.39 is 0 Å². The van der Waals surface area contributed by atoms with Crippen molar-refractivity contribution in [1.82, 2.24) is 15.0 Å². The van der Waals surface area contributed by atoms with Crippen LogP contribution in [0.15, 0.2) is 91.1 Å². The molecule has 162 valence electrons. The minimum atomic E-state index is 0.685. The van der Waals surface area contributed by atoms with Crippen LogP contribution in [-0.2, 0) is 0 Å². The second-order valence-corrected chi connectivity index (χ2v) is 9.12. The fourth-order valence-corrected chi connectivity index (χ4v) is 5.35. The van der Waals surface area contributed by atoms with Gasteiger partial charge < -0.3 is 9.80 Å². The van der Waals surface area contributed by atoms with Gasteiger partial charge in [-0.3, -0.25) is 4.98 Å². The van der Waals surface area contributed by atoms with E-state index >= 15 is 0 Å². The van der Waals surface area contributed by atoms with Crippen molar-refractivity contribution in [2.45, 2.75) is 0 Å². The lowest BCUT2D eigenvalue weighted by atomic mass is 10.1. The zero-order valence-electron chi connectivity index (χ0n) is 18.1. The minimum absolute atomic E-state index is 0.685. The molecule has 0 spiro atoms. The van der Waals surface area contributed by atoms with Gasteiger partial charge in [0.1, 0.15) is 16.3 Å². The van der Waals surface area contributed by atoms with Crippen LogP contribution in [0.3, 0.4) is 0 Å². The number of pyridine rings is 1. The quantitative estimate of drug-likeness (QED) is 0.350. The average molecular weight is 450 g/mol. The van der Waals surface area contributed by atoms with Gasteiger partial charge in [0.15, 0.2) is 5.82 Å². The Balaban J connectivity index is 1.40. The standard InChI is InChI=1S/C27H23N5S/c1-3-9-20(10-4-1)24-19-22-26(29-25(30-27(22)33-24)23-13-7-8-14-28-23)32-17-15-31(16-18-32)21-11-5-2-6-12-21/h1-14,19H,15-18H2. The van der Waals surface area contributed by atoms with Gasteiger partial charge in [0.25, 0.3) is 0 Å². The first-order valence-electron chi connectivity index (χ1n) is 11.2. The van der Waals surface area contributed by atoms with E-state index in [1.54, 1.807) is 17.5 Å². The first kappa shape index (κ1) is 19.9.